The molecule has 1 unspecified atom stereocenters. The first-order chi connectivity index (χ1) is 9.78. The fourth-order valence-electron chi connectivity index (χ4n) is 2.98. The van der Waals surface area contributed by atoms with Crippen molar-refractivity contribution in [3.05, 3.63) is 18.5 Å². The van der Waals surface area contributed by atoms with E-state index in [9.17, 15) is 0 Å². The van der Waals surface area contributed by atoms with Crippen LogP contribution in [-0.4, -0.2) is 48.6 Å². The Kier molecular flexibility index (Phi) is 5.65. The van der Waals surface area contributed by atoms with E-state index in [4.69, 9.17) is 0 Å². The Labute approximate surface area is 123 Å². The van der Waals surface area contributed by atoms with Crippen molar-refractivity contribution in [1.82, 2.24) is 9.88 Å². The summed E-state index contributed by atoms with van der Waals surface area (Å²) in [6.07, 6.45) is 6.30. The molecule has 0 aromatic carbocycles. The molecular weight excluding hydrogens is 248 g/mol. The minimum atomic E-state index is 0.692. The first-order valence-corrected chi connectivity index (χ1v) is 7.96. The zero-order chi connectivity index (χ0) is 14.4. The predicted molar refractivity (Wildman–Crippen MR) is 86.6 cm³/mol. The van der Waals surface area contributed by atoms with Crippen LogP contribution in [0.4, 0.5) is 11.4 Å². The lowest BCUT2D eigenvalue weighted by atomic mass is 10.2. The van der Waals surface area contributed by atoms with Gasteiger partial charge in [-0.3, -0.25) is 9.88 Å². The zero-order valence-electron chi connectivity index (χ0n) is 13.1. The maximum atomic E-state index is 4.37. The molecule has 4 nitrogen and oxygen atoms in total. The molecular formula is C16H28N4. The summed E-state index contributed by atoms with van der Waals surface area (Å²) < 4.78 is 0. The second-order valence-electron chi connectivity index (χ2n) is 5.47. The average Bonchev–Trinajstić information content (AvgIpc) is 2.96. The van der Waals surface area contributed by atoms with E-state index in [-0.39, 0.29) is 0 Å². The van der Waals surface area contributed by atoms with Gasteiger partial charge in [0.05, 0.1) is 23.8 Å². The average molecular weight is 276 g/mol. The van der Waals surface area contributed by atoms with E-state index in [2.05, 4.69) is 46.9 Å². The van der Waals surface area contributed by atoms with Crippen LogP contribution >= 0.6 is 0 Å². The van der Waals surface area contributed by atoms with Gasteiger partial charge in [0.25, 0.3) is 0 Å². The maximum absolute atomic E-state index is 4.37. The summed E-state index contributed by atoms with van der Waals surface area (Å²) >= 11 is 0. The predicted octanol–water partition coefficient (Wildman–Crippen LogP) is 2.82. The van der Waals surface area contributed by atoms with Crippen LogP contribution in [0.1, 0.15) is 33.6 Å². The van der Waals surface area contributed by atoms with Gasteiger partial charge in [-0.05, 0) is 32.0 Å². The summed E-state index contributed by atoms with van der Waals surface area (Å²) in [5.74, 6) is 0. The number of nitrogens with zero attached hydrogens (tertiary/aromatic N) is 3. The highest BCUT2D eigenvalue weighted by atomic mass is 15.3. The highest BCUT2D eigenvalue weighted by molar-refractivity contribution is 5.56. The van der Waals surface area contributed by atoms with E-state index >= 15 is 0 Å². The smallest absolute Gasteiger partial charge is 0.0574 e. The van der Waals surface area contributed by atoms with Crippen molar-refractivity contribution in [2.45, 2.75) is 39.7 Å². The number of anilines is 2. The van der Waals surface area contributed by atoms with E-state index in [0.29, 0.717) is 6.04 Å². The molecule has 1 aliphatic heterocycles. The summed E-state index contributed by atoms with van der Waals surface area (Å²) in [6.45, 7) is 12.2. The Morgan fingerprint density at radius 3 is 2.80 bits per heavy atom. The lowest BCUT2D eigenvalue weighted by Gasteiger charge is -2.26. The molecule has 2 rings (SSSR count). The molecule has 112 valence electrons. The Balaban J connectivity index is 1.98. The third kappa shape index (κ3) is 3.63. The van der Waals surface area contributed by atoms with Gasteiger partial charge in [-0.25, -0.2) is 0 Å². The molecule has 2 heterocycles. The lowest BCUT2D eigenvalue weighted by Crippen LogP contribution is -2.37. The topological polar surface area (TPSA) is 31.4 Å². The van der Waals surface area contributed by atoms with Gasteiger partial charge in [-0.15, -0.1) is 0 Å². The second-order valence-corrected chi connectivity index (χ2v) is 5.47. The normalized spacial score (nSPS) is 18.8. The Morgan fingerprint density at radius 1 is 1.30 bits per heavy atom. The Hall–Kier alpha value is -1.29. The van der Waals surface area contributed by atoms with Crippen LogP contribution < -0.4 is 10.2 Å². The van der Waals surface area contributed by atoms with Crippen LogP contribution in [0.5, 0.6) is 0 Å². The number of rotatable bonds is 7. The van der Waals surface area contributed by atoms with Crippen LogP contribution in [0.25, 0.3) is 0 Å². The number of likely N-dealkylation sites (N-methyl/N-ethyl adjacent to an activating group) is 1. The molecule has 1 fully saturated rings. The summed E-state index contributed by atoms with van der Waals surface area (Å²) in [5.41, 5.74) is 2.39. The molecule has 1 aromatic rings. The zero-order valence-corrected chi connectivity index (χ0v) is 13.1. The lowest BCUT2D eigenvalue weighted by molar-refractivity contribution is 0.232. The number of pyridine rings is 1. The first-order valence-electron chi connectivity index (χ1n) is 7.96. The van der Waals surface area contributed by atoms with E-state index in [1.54, 1.807) is 0 Å². The molecule has 1 aromatic heterocycles. The molecule has 1 aliphatic rings. The molecule has 1 N–H and O–H groups in total. The fraction of sp³-hybridized carbons (Fsp3) is 0.688. The summed E-state index contributed by atoms with van der Waals surface area (Å²) in [5, 5.41) is 3.41. The summed E-state index contributed by atoms with van der Waals surface area (Å²) in [7, 11) is 0. The van der Waals surface area contributed by atoms with E-state index in [1.165, 1.54) is 12.1 Å². The SMILES string of the molecule is CCCNc1cncc(N2CCC(N(CC)CC)C2)c1. The van der Waals surface area contributed by atoms with Crippen LogP contribution in [0.3, 0.4) is 0 Å². The van der Waals surface area contributed by atoms with Gasteiger partial charge in [0.2, 0.25) is 0 Å². The molecule has 0 aliphatic carbocycles. The largest absolute Gasteiger partial charge is 0.384 e. The minimum Gasteiger partial charge on any atom is -0.384 e. The summed E-state index contributed by atoms with van der Waals surface area (Å²) in [6, 6.07) is 2.92. The molecule has 0 saturated carbocycles. The van der Waals surface area contributed by atoms with Gasteiger partial charge in [-0.2, -0.15) is 0 Å². The van der Waals surface area contributed by atoms with Crippen LogP contribution in [0.2, 0.25) is 0 Å². The van der Waals surface area contributed by atoms with Crippen molar-refractivity contribution in [1.29, 1.82) is 0 Å². The van der Waals surface area contributed by atoms with Gasteiger partial charge in [0, 0.05) is 25.7 Å². The van der Waals surface area contributed by atoms with E-state index in [1.807, 2.05) is 12.4 Å². The molecule has 0 spiro atoms. The number of nitrogens with one attached hydrogen (secondary N) is 1. The molecule has 1 atom stereocenters. The number of hydrogen-bond acceptors (Lipinski definition) is 4. The van der Waals surface area contributed by atoms with Crippen molar-refractivity contribution in [2.75, 3.05) is 42.9 Å². The minimum absolute atomic E-state index is 0.692. The monoisotopic (exact) mass is 276 g/mol. The first kappa shape index (κ1) is 15.1. The number of aromatic nitrogens is 1. The van der Waals surface area contributed by atoms with Crippen LogP contribution in [0.15, 0.2) is 18.5 Å². The quantitative estimate of drug-likeness (QED) is 0.830. The molecule has 20 heavy (non-hydrogen) atoms. The highest BCUT2D eigenvalue weighted by Gasteiger charge is 2.26. The van der Waals surface area contributed by atoms with Gasteiger partial charge in [0.1, 0.15) is 0 Å². The summed E-state index contributed by atoms with van der Waals surface area (Å²) in [4.78, 5) is 9.40. The van der Waals surface area contributed by atoms with E-state index < -0.39 is 0 Å². The van der Waals surface area contributed by atoms with Gasteiger partial charge >= 0.3 is 0 Å². The molecule has 0 radical (unpaired) electrons. The van der Waals surface area contributed by atoms with Crippen molar-refractivity contribution < 1.29 is 0 Å². The van der Waals surface area contributed by atoms with Gasteiger partial charge in [-0.1, -0.05) is 20.8 Å². The Morgan fingerprint density at radius 2 is 2.10 bits per heavy atom. The van der Waals surface area contributed by atoms with Crippen molar-refractivity contribution >= 4 is 11.4 Å². The highest BCUT2D eigenvalue weighted by Crippen LogP contribution is 2.24. The van der Waals surface area contributed by atoms with Crippen molar-refractivity contribution in [2.24, 2.45) is 0 Å². The third-order valence-corrected chi connectivity index (χ3v) is 4.16. The van der Waals surface area contributed by atoms with Crippen LogP contribution in [0, 0.1) is 0 Å². The molecule has 4 heteroatoms. The van der Waals surface area contributed by atoms with E-state index in [0.717, 1.165) is 44.8 Å². The van der Waals surface area contributed by atoms with Crippen molar-refractivity contribution in [3.63, 3.8) is 0 Å². The van der Waals surface area contributed by atoms with Crippen molar-refractivity contribution in [3.8, 4) is 0 Å². The molecule has 0 bridgehead atoms. The Bertz CT molecular complexity index is 403. The maximum Gasteiger partial charge on any atom is 0.0574 e. The number of hydrogen-bond donors (Lipinski definition) is 1. The van der Waals surface area contributed by atoms with Gasteiger partial charge < -0.3 is 10.2 Å². The molecule has 0 amide bonds. The van der Waals surface area contributed by atoms with Gasteiger partial charge in [0.15, 0.2) is 0 Å². The standard InChI is InChI=1S/C16H28N4/c1-4-8-18-14-10-16(12-17-11-14)20-9-7-15(13-20)19(5-2)6-3/h10-12,15,18H,4-9,13H2,1-3H3. The second kappa shape index (κ2) is 7.48. The fourth-order valence-corrected chi connectivity index (χ4v) is 2.98. The third-order valence-electron chi connectivity index (χ3n) is 4.16. The van der Waals surface area contributed by atoms with Crippen LogP contribution in [-0.2, 0) is 0 Å². The molecule has 1 saturated heterocycles.